The molecule has 106 valence electrons. The van der Waals surface area contributed by atoms with Gasteiger partial charge in [-0.25, -0.2) is 4.68 Å². The van der Waals surface area contributed by atoms with Gasteiger partial charge >= 0.3 is 0 Å². The molecular formula is C18H14N4. The molecule has 1 aliphatic rings. The molecule has 4 rings (SSSR count). The van der Waals surface area contributed by atoms with E-state index < -0.39 is 0 Å². The Hall–Kier alpha value is -3.06. The topological polar surface area (TPSA) is 53.6 Å². The Balaban J connectivity index is 1.86. The molecule has 0 bridgehead atoms. The van der Waals surface area contributed by atoms with E-state index in [2.05, 4.69) is 23.5 Å². The van der Waals surface area contributed by atoms with Crippen LogP contribution in [0.15, 0.2) is 54.6 Å². The van der Waals surface area contributed by atoms with E-state index in [1.165, 1.54) is 5.56 Å². The third-order valence-electron chi connectivity index (χ3n) is 3.94. The predicted molar refractivity (Wildman–Crippen MR) is 85.9 cm³/mol. The normalized spacial score (nSPS) is 12.5. The van der Waals surface area contributed by atoms with Crippen molar-refractivity contribution in [2.24, 2.45) is 0 Å². The summed E-state index contributed by atoms with van der Waals surface area (Å²) in [4.78, 5) is 0. The van der Waals surface area contributed by atoms with Gasteiger partial charge in [0.25, 0.3) is 0 Å². The minimum absolute atomic E-state index is 0.656. The maximum atomic E-state index is 8.92. The Morgan fingerprint density at radius 2 is 1.82 bits per heavy atom. The van der Waals surface area contributed by atoms with E-state index in [4.69, 9.17) is 10.4 Å². The molecule has 2 heterocycles. The Morgan fingerprint density at radius 1 is 1.05 bits per heavy atom. The lowest BCUT2D eigenvalue weighted by molar-refractivity contribution is 0.882. The average Bonchev–Trinajstić information content (AvgIpc) is 3.18. The molecule has 1 aliphatic heterocycles. The number of rotatable bonds is 2. The number of anilines is 1. The van der Waals surface area contributed by atoms with Crippen molar-refractivity contribution in [2.75, 3.05) is 11.9 Å². The third kappa shape index (κ3) is 1.95. The molecule has 1 N–H and O–H groups in total. The Labute approximate surface area is 128 Å². The molecule has 0 fully saturated rings. The maximum Gasteiger partial charge on any atom is 0.133 e. The quantitative estimate of drug-likeness (QED) is 0.785. The van der Waals surface area contributed by atoms with Crippen molar-refractivity contribution >= 4 is 5.82 Å². The molecule has 0 radical (unpaired) electrons. The monoisotopic (exact) mass is 286 g/mol. The first-order chi connectivity index (χ1) is 10.9. The fourth-order valence-electron chi connectivity index (χ4n) is 2.87. The molecule has 0 aliphatic carbocycles. The highest BCUT2D eigenvalue weighted by Gasteiger charge is 2.23. The fraction of sp³-hybridized carbons (Fsp3) is 0.111. The van der Waals surface area contributed by atoms with Gasteiger partial charge in [-0.3, -0.25) is 0 Å². The van der Waals surface area contributed by atoms with Crippen LogP contribution >= 0.6 is 0 Å². The van der Waals surface area contributed by atoms with Gasteiger partial charge in [0.05, 0.1) is 23.0 Å². The van der Waals surface area contributed by atoms with Crippen LogP contribution in [0.5, 0.6) is 0 Å². The molecule has 4 nitrogen and oxygen atoms in total. The van der Waals surface area contributed by atoms with Gasteiger partial charge in [-0.1, -0.05) is 30.3 Å². The highest BCUT2D eigenvalue weighted by molar-refractivity contribution is 5.72. The van der Waals surface area contributed by atoms with Gasteiger partial charge in [-0.15, -0.1) is 0 Å². The first-order valence-corrected chi connectivity index (χ1v) is 7.28. The Kier molecular flexibility index (Phi) is 2.90. The molecule has 3 aromatic rings. The summed E-state index contributed by atoms with van der Waals surface area (Å²) in [5.41, 5.74) is 5.05. The smallest absolute Gasteiger partial charge is 0.133 e. The van der Waals surface area contributed by atoms with E-state index >= 15 is 0 Å². The number of nitrogens with zero attached hydrogens (tertiary/aromatic N) is 3. The summed E-state index contributed by atoms with van der Waals surface area (Å²) in [5.74, 6) is 1.06. The van der Waals surface area contributed by atoms with Crippen LogP contribution in [0.3, 0.4) is 0 Å². The van der Waals surface area contributed by atoms with Crippen molar-refractivity contribution in [2.45, 2.75) is 6.42 Å². The van der Waals surface area contributed by atoms with Crippen LogP contribution in [0.1, 0.15) is 11.1 Å². The van der Waals surface area contributed by atoms with Gasteiger partial charge in [0.15, 0.2) is 0 Å². The molecule has 0 unspecified atom stereocenters. The van der Waals surface area contributed by atoms with Gasteiger partial charge in [-0.05, 0) is 30.7 Å². The van der Waals surface area contributed by atoms with Crippen LogP contribution in [-0.4, -0.2) is 16.3 Å². The summed E-state index contributed by atoms with van der Waals surface area (Å²) in [7, 11) is 0. The predicted octanol–water partition coefficient (Wildman–Crippen LogP) is 3.38. The number of nitrogens with one attached hydrogen (secondary N) is 1. The first-order valence-electron chi connectivity index (χ1n) is 7.28. The molecular weight excluding hydrogens is 272 g/mol. The fourth-order valence-corrected chi connectivity index (χ4v) is 2.87. The van der Waals surface area contributed by atoms with Crippen molar-refractivity contribution in [3.63, 3.8) is 0 Å². The van der Waals surface area contributed by atoms with Gasteiger partial charge in [0, 0.05) is 17.7 Å². The van der Waals surface area contributed by atoms with E-state index in [1.807, 2.05) is 47.1 Å². The Morgan fingerprint density at radius 3 is 2.55 bits per heavy atom. The second kappa shape index (κ2) is 5.05. The maximum absolute atomic E-state index is 8.92. The number of hydrogen-bond donors (Lipinski definition) is 1. The van der Waals surface area contributed by atoms with Crippen LogP contribution < -0.4 is 5.32 Å². The van der Waals surface area contributed by atoms with E-state index in [1.54, 1.807) is 0 Å². The molecule has 1 aromatic heterocycles. The lowest BCUT2D eigenvalue weighted by Gasteiger charge is -2.06. The summed E-state index contributed by atoms with van der Waals surface area (Å²) in [6.07, 6.45) is 0.982. The Bertz CT molecular complexity index is 855. The van der Waals surface area contributed by atoms with Gasteiger partial charge in [0.1, 0.15) is 5.82 Å². The number of benzene rings is 2. The van der Waals surface area contributed by atoms with Crippen molar-refractivity contribution in [1.29, 1.82) is 5.26 Å². The summed E-state index contributed by atoms with van der Waals surface area (Å²) in [6, 6.07) is 19.9. The summed E-state index contributed by atoms with van der Waals surface area (Å²) >= 11 is 0. The lowest BCUT2D eigenvalue weighted by Crippen LogP contribution is -2.04. The van der Waals surface area contributed by atoms with Crippen molar-refractivity contribution < 1.29 is 0 Å². The lowest BCUT2D eigenvalue weighted by atomic mass is 10.1. The van der Waals surface area contributed by atoms with Gasteiger partial charge in [0.2, 0.25) is 0 Å². The molecule has 0 amide bonds. The third-order valence-corrected chi connectivity index (χ3v) is 3.94. The SMILES string of the molecule is N#Cc1ccc(-n2nc(-c3ccccc3)c3c2NCC3)cc1. The zero-order chi connectivity index (χ0) is 14.9. The average molecular weight is 286 g/mol. The summed E-state index contributed by atoms with van der Waals surface area (Å²) in [5, 5.41) is 17.1. The van der Waals surface area contributed by atoms with Crippen molar-refractivity contribution in [1.82, 2.24) is 9.78 Å². The van der Waals surface area contributed by atoms with Crippen molar-refractivity contribution in [3.05, 3.63) is 65.7 Å². The molecule has 0 saturated carbocycles. The molecule has 0 saturated heterocycles. The molecule has 4 heteroatoms. The van der Waals surface area contributed by atoms with E-state index in [0.29, 0.717) is 5.56 Å². The standard InChI is InChI=1S/C18H14N4/c19-12-13-6-8-15(9-7-13)22-18-16(10-11-20-18)17(21-22)14-4-2-1-3-5-14/h1-9,20H,10-11H2. The van der Waals surface area contributed by atoms with Gasteiger partial charge < -0.3 is 5.32 Å². The van der Waals surface area contributed by atoms with Crippen LogP contribution in [-0.2, 0) is 6.42 Å². The molecule has 22 heavy (non-hydrogen) atoms. The second-order valence-electron chi connectivity index (χ2n) is 5.29. The molecule has 2 aromatic carbocycles. The minimum atomic E-state index is 0.656. The van der Waals surface area contributed by atoms with Crippen molar-refractivity contribution in [3.8, 4) is 23.0 Å². The van der Waals surface area contributed by atoms with Crippen LogP contribution in [0, 0.1) is 11.3 Å². The number of aromatic nitrogens is 2. The zero-order valence-corrected chi connectivity index (χ0v) is 12.0. The second-order valence-corrected chi connectivity index (χ2v) is 5.29. The van der Waals surface area contributed by atoms with Gasteiger partial charge in [-0.2, -0.15) is 10.4 Å². The molecule has 0 spiro atoms. The highest BCUT2D eigenvalue weighted by Crippen LogP contribution is 2.34. The van der Waals surface area contributed by atoms with Crippen LogP contribution in [0.25, 0.3) is 16.9 Å². The largest absolute Gasteiger partial charge is 0.369 e. The minimum Gasteiger partial charge on any atom is -0.369 e. The number of nitriles is 1. The molecule has 0 atom stereocenters. The van der Waals surface area contributed by atoms with Crippen LogP contribution in [0.2, 0.25) is 0 Å². The van der Waals surface area contributed by atoms with Crippen LogP contribution in [0.4, 0.5) is 5.82 Å². The zero-order valence-electron chi connectivity index (χ0n) is 12.0. The van der Waals surface area contributed by atoms with E-state index in [9.17, 15) is 0 Å². The van der Waals surface area contributed by atoms with E-state index in [0.717, 1.165) is 35.7 Å². The summed E-state index contributed by atoms with van der Waals surface area (Å²) < 4.78 is 1.94. The highest BCUT2D eigenvalue weighted by atomic mass is 15.3. The number of fused-ring (bicyclic) bond motifs is 1. The number of hydrogen-bond acceptors (Lipinski definition) is 3. The van der Waals surface area contributed by atoms with E-state index in [-0.39, 0.29) is 0 Å². The first kappa shape index (κ1) is 12.7. The summed E-state index contributed by atoms with van der Waals surface area (Å²) in [6.45, 7) is 0.934.